The van der Waals surface area contributed by atoms with Gasteiger partial charge in [0, 0.05) is 39.3 Å². The Morgan fingerprint density at radius 3 is 2.71 bits per heavy atom. The van der Waals surface area contributed by atoms with E-state index in [1.54, 1.807) is 6.08 Å². The van der Waals surface area contributed by atoms with Crippen LogP contribution in [0.4, 0.5) is 0 Å². The second kappa shape index (κ2) is 5.67. The van der Waals surface area contributed by atoms with E-state index in [4.69, 9.17) is 6.58 Å². The van der Waals surface area contributed by atoms with Gasteiger partial charge in [-0.2, -0.15) is 0 Å². The number of hydrogen-bond acceptors (Lipinski definition) is 1. The first-order chi connectivity index (χ1) is 6.40. The number of nitrogens with one attached hydrogen (secondary N) is 1. The maximum absolute atomic E-state index is 5.44. The van der Waals surface area contributed by atoms with E-state index >= 15 is 0 Å². The maximum atomic E-state index is 5.44. The van der Waals surface area contributed by atoms with Crippen LogP contribution in [-0.4, -0.2) is 6.54 Å². The molecule has 71 valence electrons. The second-order valence-electron chi connectivity index (χ2n) is 3.37. The molecule has 1 N–H and O–H groups in total. The first-order valence-corrected chi connectivity index (χ1v) is 4.64. The molecular weight excluding hydrogens is 247 g/mol. The Bertz CT molecular complexity index is 310. The van der Waals surface area contributed by atoms with Crippen molar-refractivity contribution in [1.82, 2.24) is 5.32 Å². The number of hydrogen-bond donors (Lipinski definition) is 1. The van der Waals surface area contributed by atoms with Gasteiger partial charge in [-0.3, -0.25) is 5.70 Å². The molecule has 0 amide bonds. The zero-order valence-electron chi connectivity index (χ0n) is 8.22. The molecule has 2 heteroatoms. The summed E-state index contributed by atoms with van der Waals surface area (Å²) in [6.45, 7) is 6.37. The Labute approximate surface area is 111 Å². The van der Waals surface area contributed by atoms with Gasteiger partial charge in [-0.15, -0.1) is 6.42 Å². The molecule has 0 saturated heterocycles. The summed E-state index contributed by atoms with van der Waals surface area (Å²) in [5.74, 6) is 0. The zero-order chi connectivity index (χ0) is 9.10. The van der Waals surface area contributed by atoms with Crippen LogP contribution in [0.3, 0.4) is 0 Å². The van der Waals surface area contributed by atoms with E-state index in [-0.39, 0.29) is 32.7 Å². The number of allylic oxidation sites excluding steroid dienone is 5. The molecule has 0 aromatic carbocycles. The summed E-state index contributed by atoms with van der Waals surface area (Å²) in [4.78, 5) is 0. The molecule has 2 aliphatic rings. The molecule has 0 atom stereocenters. The van der Waals surface area contributed by atoms with Gasteiger partial charge in [0.1, 0.15) is 0 Å². The van der Waals surface area contributed by atoms with Crippen LogP contribution < -0.4 is 5.32 Å². The zero-order valence-corrected chi connectivity index (χ0v) is 11.1. The van der Waals surface area contributed by atoms with Crippen LogP contribution in [0.15, 0.2) is 35.1 Å². The second-order valence-corrected chi connectivity index (χ2v) is 3.37. The van der Waals surface area contributed by atoms with Crippen LogP contribution in [0.2, 0.25) is 0 Å². The van der Waals surface area contributed by atoms with Crippen molar-refractivity contribution in [2.45, 2.75) is 19.3 Å². The fourth-order valence-corrected chi connectivity index (χ4v) is 1.72. The van der Waals surface area contributed by atoms with E-state index < -0.39 is 0 Å². The van der Waals surface area contributed by atoms with Gasteiger partial charge in [0.25, 0.3) is 0 Å². The summed E-state index contributed by atoms with van der Waals surface area (Å²) in [5, 5.41) is 3.26. The molecule has 0 unspecified atom stereocenters. The Morgan fingerprint density at radius 1 is 1.29 bits per heavy atom. The Hall–Kier alpha value is -0.136. The smallest absolute Gasteiger partial charge is 0.0183 e. The van der Waals surface area contributed by atoms with Crippen LogP contribution in [0.1, 0.15) is 19.3 Å². The molecule has 0 fully saturated rings. The molecule has 0 spiro atoms. The Kier molecular flexibility index (Phi) is 4.84. The van der Waals surface area contributed by atoms with Crippen molar-refractivity contribution in [3.05, 3.63) is 47.7 Å². The van der Waals surface area contributed by atoms with Crippen molar-refractivity contribution >= 4 is 0 Å². The standard InChI is InChI=1S/C12H13N.Y/c1-2-12-8-7-10-5-3-4-6-11(10)9-13-12;/h1-4,13H,5-7,9H2;/q-2;. The summed E-state index contributed by atoms with van der Waals surface area (Å²) in [6.07, 6.45) is 12.4. The minimum Gasteiger partial charge on any atom is -0.493 e. The molecule has 1 radical (unpaired) electrons. The van der Waals surface area contributed by atoms with Crippen molar-refractivity contribution in [2.24, 2.45) is 0 Å². The van der Waals surface area contributed by atoms with Gasteiger partial charge < -0.3 is 24.0 Å². The average Bonchev–Trinajstić information content (AvgIpc) is 2.39. The molecule has 1 heterocycles. The first kappa shape index (κ1) is 11.9. The number of rotatable bonds is 1. The summed E-state index contributed by atoms with van der Waals surface area (Å²) in [5.41, 5.74) is 3.95. The summed E-state index contributed by atoms with van der Waals surface area (Å²) < 4.78 is 0. The minimum atomic E-state index is 0. The van der Waals surface area contributed by atoms with Crippen LogP contribution in [0.5, 0.6) is 0 Å². The fraction of sp³-hybridized carbons (Fsp3) is 0.333. The normalized spacial score (nSPS) is 19.9. The molecule has 0 saturated carbocycles. The van der Waals surface area contributed by atoms with Crippen molar-refractivity contribution in [2.75, 3.05) is 6.54 Å². The molecule has 1 aliphatic carbocycles. The van der Waals surface area contributed by atoms with Gasteiger partial charge in [0.05, 0.1) is 0 Å². The van der Waals surface area contributed by atoms with E-state index in [0.29, 0.717) is 0 Å². The van der Waals surface area contributed by atoms with Crippen molar-refractivity contribution in [3.8, 4) is 0 Å². The topological polar surface area (TPSA) is 12.0 Å². The van der Waals surface area contributed by atoms with Gasteiger partial charge in [0.15, 0.2) is 0 Å². The average molecular weight is 260 g/mol. The maximum Gasteiger partial charge on any atom is 0.0183 e. The van der Waals surface area contributed by atoms with Crippen LogP contribution in [-0.2, 0) is 32.7 Å². The van der Waals surface area contributed by atoms with E-state index in [9.17, 15) is 0 Å². The van der Waals surface area contributed by atoms with Gasteiger partial charge in [-0.1, -0.05) is 23.3 Å². The molecular formula is C12H13NY-2. The largest absolute Gasteiger partial charge is 0.493 e. The van der Waals surface area contributed by atoms with E-state index in [1.807, 2.05) is 0 Å². The van der Waals surface area contributed by atoms with E-state index in [0.717, 1.165) is 31.5 Å². The predicted octanol–water partition coefficient (Wildman–Crippen LogP) is 2.30. The predicted molar refractivity (Wildman–Crippen MR) is 53.6 cm³/mol. The Balaban J connectivity index is 0.000000980. The first-order valence-electron chi connectivity index (χ1n) is 4.64. The quantitative estimate of drug-likeness (QED) is 0.563. The van der Waals surface area contributed by atoms with Crippen molar-refractivity contribution in [3.63, 3.8) is 0 Å². The van der Waals surface area contributed by atoms with Crippen LogP contribution in [0, 0.1) is 12.7 Å². The minimum absolute atomic E-state index is 0. The SMILES string of the molecule is [CH-]=CC1=[C-]CC2=C(CC=CC2)CN1.[Y]. The van der Waals surface area contributed by atoms with E-state index in [2.05, 4.69) is 23.5 Å². The van der Waals surface area contributed by atoms with E-state index in [1.165, 1.54) is 11.1 Å². The molecule has 0 aromatic rings. The van der Waals surface area contributed by atoms with Crippen LogP contribution >= 0.6 is 0 Å². The van der Waals surface area contributed by atoms with Gasteiger partial charge in [0.2, 0.25) is 0 Å². The molecule has 1 nitrogen and oxygen atoms in total. The molecule has 2 rings (SSSR count). The molecule has 1 aliphatic heterocycles. The summed E-state index contributed by atoms with van der Waals surface area (Å²) in [7, 11) is 0. The molecule has 14 heavy (non-hydrogen) atoms. The molecule has 0 aromatic heterocycles. The van der Waals surface area contributed by atoms with Crippen LogP contribution in [0.25, 0.3) is 0 Å². The third-order valence-electron chi connectivity index (χ3n) is 2.55. The van der Waals surface area contributed by atoms with Gasteiger partial charge in [-0.05, 0) is 12.8 Å². The fourth-order valence-electron chi connectivity index (χ4n) is 1.72. The monoisotopic (exact) mass is 260 g/mol. The van der Waals surface area contributed by atoms with Gasteiger partial charge in [-0.25, -0.2) is 0 Å². The van der Waals surface area contributed by atoms with Crippen molar-refractivity contribution in [1.29, 1.82) is 0 Å². The summed E-state index contributed by atoms with van der Waals surface area (Å²) >= 11 is 0. The van der Waals surface area contributed by atoms with Gasteiger partial charge >= 0.3 is 0 Å². The summed E-state index contributed by atoms with van der Waals surface area (Å²) in [6, 6.07) is 0. The van der Waals surface area contributed by atoms with Crippen molar-refractivity contribution < 1.29 is 32.7 Å². The molecule has 0 bridgehead atoms. The third-order valence-corrected chi connectivity index (χ3v) is 2.55. The Morgan fingerprint density at radius 2 is 2.00 bits per heavy atom. The third kappa shape index (κ3) is 2.68.